The van der Waals surface area contributed by atoms with Crippen LogP contribution in [0.15, 0.2) is 47.0 Å². The molecule has 3 aromatic rings. The number of methoxy groups -OCH3 is 1. The molecule has 0 aliphatic rings. The molecule has 2 aromatic carbocycles. The fourth-order valence-electron chi connectivity index (χ4n) is 3.04. The number of hydrogen-bond donors (Lipinski definition) is 1. The van der Waals surface area contributed by atoms with Crippen LogP contribution in [0.3, 0.4) is 0 Å². The van der Waals surface area contributed by atoms with Crippen LogP contribution in [-0.4, -0.2) is 23.2 Å². The summed E-state index contributed by atoms with van der Waals surface area (Å²) in [5.41, 5.74) is 4.13. The minimum absolute atomic E-state index is 0.0909. The third-order valence-electron chi connectivity index (χ3n) is 4.74. The Hall–Kier alpha value is -3.15. The lowest BCUT2D eigenvalue weighted by Crippen LogP contribution is -2.24. The highest BCUT2D eigenvalue weighted by molar-refractivity contribution is 5.78. The highest BCUT2D eigenvalue weighted by atomic mass is 16.5. The van der Waals surface area contributed by atoms with Gasteiger partial charge in [-0.3, -0.25) is 4.79 Å². The standard InChI is InChI=1S/C23H27N3O3/c1-15-12-16(6-11-19(15)28-5)13-20(27)24-14-21-25-22(26-29-21)17-7-9-18(10-8-17)23(2,3)4/h6-12H,13-14H2,1-5H3,(H,24,27). The summed E-state index contributed by atoms with van der Waals surface area (Å²) in [5.74, 6) is 1.59. The zero-order valence-corrected chi connectivity index (χ0v) is 17.6. The Kier molecular flexibility index (Phi) is 6.01. The normalized spacial score (nSPS) is 11.3. The van der Waals surface area contributed by atoms with Crippen molar-refractivity contribution in [1.82, 2.24) is 15.5 Å². The summed E-state index contributed by atoms with van der Waals surface area (Å²) >= 11 is 0. The van der Waals surface area contributed by atoms with Crippen LogP contribution in [-0.2, 0) is 23.2 Å². The van der Waals surface area contributed by atoms with Gasteiger partial charge in [-0.05, 0) is 35.1 Å². The van der Waals surface area contributed by atoms with Crippen molar-refractivity contribution in [2.45, 2.75) is 46.1 Å². The number of nitrogens with one attached hydrogen (secondary N) is 1. The van der Waals surface area contributed by atoms with Crippen LogP contribution in [0.1, 0.15) is 43.4 Å². The Labute approximate surface area is 171 Å². The second kappa shape index (κ2) is 8.47. The Morgan fingerprint density at radius 3 is 2.48 bits per heavy atom. The molecular weight excluding hydrogens is 366 g/mol. The lowest BCUT2D eigenvalue weighted by molar-refractivity contribution is -0.120. The van der Waals surface area contributed by atoms with E-state index in [1.165, 1.54) is 5.56 Å². The highest BCUT2D eigenvalue weighted by Gasteiger charge is 2.15. The van der Waals surface area contributed by atoms with Crippen LogP contribution in [0, 0.1) is 6.92 Å². The number of benzene rings is 2. The van der Waals surface area contributed by atoms with E-state index in [4.69, 9.17) is 9.26 Å². The van der Waals surface area contributed by atoms with Gasteiger partial charge in [0, 0.05) is 5.56 Å². The van der Waals surface area contributed by atoms with Gasteiger partial charge in [0.15, 0.2) is 0 Å². The van der Waals surface area contributed by atoms with Gasteiger partial charge in [-0.15, -0.1) is 0 Å². The molecule has 6 heteroatoms. The van der Waals surface area contributed by atoms with E-state index < -0.39 is 0 Å². The second-order valence-electron chi connectivity index (χ2n) is 8.10. The number of rotatable bonds is 6. The third kappa shape index (κ3) is 5.22. The SMILES string of the molecule is COc1ccc(CC(=O)NCc2nc(-c3ccc(C(C)(C)C)cc3)no2)cc1C. The van der Waals surface area contributed by atoms with Crippen LogP contribution >= 0.6 is 0 Å². The molecule has 0 bridgehead atoms. The van der Waals surface area contributed by atoms with Gasteiger partial charge >= 0.3 is 0 Å². The van der Waals surface area contributed by atoms with Crippen molar-refractivity contribution < 1.29 is 14.1 Å². The van der Waals surface area contributed by atoms with Gasteiger partial charge in [-0.2, -0.15) is 4.98 Å². The van der Waals surface area contributed by atoms with Gasteiger partial charge < -0.3 is 14.6 Å². The van der Waals surface area contributed by atoms with E-state index in [2.05, 4.69) is 48.4 Å². The van der Waals surface area contributed by atoms with Crippen LogP contribution in [0.25, 0.3) is 11.4 Å². The molecular formula is C23H27N3O3. The van der Waals surface area contributed by atoms with Crippen molar-refractivity contribution in [2.24, 2.45) is 0 Å². The maximum atomic E-state index is 12.2. The molecule has 0 saturated carbocycles. The van der Waals surface area contributed by atoms with Gasteiger partial charge in [0.1, 0.15) is 5.75 Å². The first-order valence-electron chi connectivity index (χ1n) is 9.60. The predicted octanol–water partition coefficient (Wildman–Crippen LogP) is 4.21. The third-order valence-corrected chi connectivity index (χ3v) is 4.74. The lowest BCUT2D eigenvalue weighted by atomic mass is 9.87. The minimum Gasteiger partial charge on any atom is -0.496 e. The average molecular weight is 393 g/mol. The van der Waals surface area contributed by atoms with E-state index in [1.54, 1.807) is 7.11 Å². The number of ether oxygens (including phenoxy) is 1. The molecule has 152 valence electrons. The van der Waals surface area contributed by atoms with Crippen molar-refractivity contribution in [3.8, 4) is 17.1 Å². The van der Waals surface area contributed by atoms with Crippen molar-refractivity contribution in [3.05, 3.63) is 65.0 Å². The monoisotopic (exact) mass is 393 g/mol. The maximum absolute atomic E-state index is 12.2. The number of nitrogens with zero attached hydrogens (tertiary/aromatic N) is 2. The molecule has 0 fully saturated rings. The molecule has 0 atom stereocenters. The molecule has 0 radical (unpaired) electrons. The predicted molar refractivity (Wildman–Crippen MR) is 112 cm³/mol. The smallest absolute Gasteiger partial charge is 0.246 e. The molecule has 1 N–H and O–H groups in total. The Morgan fingerprint density at radius 2 is 1.86 bits per heavy atom. The number of aryl methyl sites for hydroxylation is 1. The molecule has 29 heavy (non-hydrogen) atoms. The lowest BCUT2D eigenvalue weighted by Gasteiger charge is -2.18. The van der Waals surface area contributed by atoms with E-state index in [1.807, 2.05) is 37.3 Å². The van der Waals surface area contributed by atoms with Crippen molar-refractivity contribution in [1.29, 1.82) is 0 Å². The molecule has 1 amide bonds. The van der Waals surface area contributed by atoms with Gasteiger partial charge in [0.2, 0.25) is 17.6 Å². The number of carbonyl (C=O) groups excluding carboxylic acids is 1. The Bertz CT molecular complexity index is 985. The first kappa shape index (κ1) is 20.6. The molecule has 3 rings (SSSR count). The van der Waals surface area contributed by atoms with E-state index in [-0.39, 0.29) is 24.3 Å². The number of aromatic nitrogens is 2. The summed E-state index contributed by atoms with van der Waals surface area (Å²) in [6.45, 7) is 8.66. The molecule has 0 aliphatic heterocycles. The molecule has 6 nitrogen and oxygen atoms in total. The summed E-state index contributed by atoms with van der Waals surface area (Å²) in [6, 6.07) is 13.8. The van der Waals surface area contributed by atoms with E-state index in [9.17, 15) is 4.79 Å². The summed E-state index contributed by atoms with van der Waals surface area (Å²) < 4.78 is 10.5. The molecule has 0 aliphatic carbocycles. The largest absolute Gasteiger partial charge is 0.496 e. The summed E-state index contributed by atoms with van der Waals surface area (Å²) in [6.07, 6.45) is 0.278. The summed E-state index contributed by atoms with van der Waals surface area (Å²) in [4.78, 5) is 16.6. The van der Waals surface area contributed by atoms with Gasteiger partial charge in [0.05, 0.1) is 20.1 Å². The maximum Gasteiger partial charge on any atom is 0.246 e. The van der Waals surface area contributed by atoms with Crippen LogP contribution < -0.4 is 10.1 Å². The van der Waals surface area contributed by atoms with Crippen molar-refractivity contribution in [3.63, 3.8) is 0 Å². The Morgan fingerprint density at radius 1 is 1.14 bits per heavy atom. The van der Waals surface area contributed by atoms with Gasteiger partial charge in [-0.1, -0.05) is 62.3 Å². The fraction of sp³-hybridized carbons (Fsp3) is 0.348. The van der Waals surface area contributed by atoms with E-state index in [0.717, 1.165) is 22.4 Å². The van der Waals surface area contributed by atoms with E-state index >= 15 is 0 Å². The molecule has 1 aromatic heterocycles. The van der Waals surface area contributed by atoms with Crippen LogP contribution in [0.5, 0.6) is 5.75 Å². The number of carbonyl (C=O) groups is 1. The molecule has 0 spiro atoms. The van der Waals surface area contributed by atoms with Crippen molar-refractivity contribution >= 4 is 5.91 Å². The van der Waals surface area contributed by atoms with Gasteiger partial charge in [-0.25, -0.2) is 0 Å². The van der Waals surface area contributed by atoms with E-state index in [0.29, 0.717) is 11.7 Å². The minimum atomic E-state index is -0.108. The topological polar surface area (TPSA) is 77.2 Å². The number of hydrogen-bond acceptors (Lipinski definition) is 5. The molecule has 1 heterocycles. The number of amides is 1. The quantitative estimate of drug-likeness (QED) is 0.679. The zero-order chi connectivity index (χ0) is 21.0. The average Bonchev–Trinajstić information content (AvgIpc) is 3.15. The van der Waals surface area contributed by atoms with Crippen molar-refractivity contribution in [2.75, 3.05) is 7.11 Å². The Balaban J connectivity index is 1.57. The fourth-order valence-corrected chi connectivity index (χ4v) is 3.04. The van der Waals surface area contributed by atoms with Crippen LogP contribution in [0.2, 0.25) is 0 Å². The van der Waals surface area contributed by atoms with Gasteiger partial charge in [0.25, 0.3) is 0 Å². The van der Waals surface area contributed by atoms with Crippen LogP contribution in [0.4, 0.5) is 0 Å². The molecule has 0 saturated heterocycles. The summed E-state index contributed by atoms with van der Waals surface area (Å²) in [7, 11) is 1.63. The summed E-state index contributed by atoms with van der Waals surface area (Å²) in [5, 5.41) is 6.84. The first-order valence-corrected chi connectivity index (χ1v) is 9.60. The zero-order valence-electron chi connectivity index (χ0n) is 17.6. The first-order chi connectivity index (χ1) is 13.8. The molecule has 0 unspecified atom stereocenters. The second-order valence-corrected chi connectivity index (χ2v) is 8.10. The highest BCUT2D eigenvalue weighted by Crippen LogP contribution is 2.25.